The van der Waals surface area contributed by atoms with Gasteiger partial charge >= 0.3 is 0 Å². The summed E-state index contributed by atoms with van der Waals surface area (Å²) in [6.45, 7) is 4.25. The molecule has 2 aromatic carbocycles. The zero-order valence-electron chi connectivity index (χ0n) is 11.3. The van der Waals surface area contributed by atoms with E-state index >= 15 is 0 Å². The van der Waals surface area contributed by atoms with Crippen LogP contribution in [0.15, 0.2) is 42.5 Å². The van der Waals surface area contributed by atoms with Gasteiger partial charge in [0, 0.05) is 6.04 Å². The van der Waals surface area contributed by atoms with Crippen LogP contribution in [0.3, 0.4) is 0 Å². The van der Waals surface area contributed by atoms with Crippen molar-refractivity contribution >= 4 is 0 Å². The Balaban J connectivity index is 2.07. The molecule has 0 spiro atoms. The summed E-state index contributed by atoms with van der Waals surface area (Å²) >= 11 is 0. The van der Waals surface area contributed by atoms with E-state index in [0.29, 0.717) is 6.04 Å². The van der Waals surface area contributed by atoms with Crippen molar-refractivity contribution in [2.45, 2.75) is 32.4 Å². The largest absolute Gasteiger partial charge is 0.303 e. The first-order valence-corrected chi connectivity index (χ1v) is 6.74. The molecule has 2 atom stereocenters. The third kappa shape index (κ3) is 2.41. The first kappa shape index (κ1) is 12.4. The lowest BCUT2D eigenvalue weighted by Gasteiger charge is -2.32. The van der Waals surface area contributed by atoms with Crippen molar-refractivity contribution < 1.29 is 4.39 Å². The van der Waals surface area contributed by atoms with Crippen molar-refractivity contribution in [3.05, 3.63) is 70.5 Å². The minimum absolute atomic E-state index is 0.0926. The van der Waals surface area contributed by atoms with Crippen LogP contribution < -0.4 is 5.32 Å². The summed E-state index contributed by atoms with van der Waals surface area (Å²) in [6.07, 6.45) is 0.956. The van der Waals surface area contributed by atoms with Crippen molar-refractivity contribution in [2.75, 3.05) is 0 Å². The molecule has 1 aliphatic heterocycles. The number of halogens is 1. The molecule has 0 aliphatic carbocycles. The van der Waals surface area contributed by atoms with E-state index in [1.807, 2.05) is 6.07 Å². The highest BCUT2D eigenvalue weighted by Crippen LogP contribution is 2.31. The van der Waals surface area contributed by atoms with Gasteiger partial charge in [0.2, 0.25) is 0 Å². The third-order valence-corrected chi connectivity index (χ3v) is 3.81. The van der Waals surface area contributed by atoms with Gasteiger partial charge in [0.1, 0.15) is 5.82 Å². The smallest absolute Gasteiger partial charge is 0.123 e. The molecule has 1 N–H and O–H groups in total. The SMILES string of the molecule is Cc1ccc(C2NC(C)Cc3ccc(F)cc32)cc1. The molecule has 2 unspecified atom stereocenters. The van der Waals surface area contributed by atoms with Gasteiger partial charge in [0.25, 0.3) is 0 Å². The Morgan fingerprint density at radius 3 is 2.58 bits per heavy atom. The van der Waals surface area contributed by atoms with Crippen molar-refractivity contribution in [2.24, 2.45) is 0 Å². The Hall–Kier alpha value is -1.67. The molecule has 0 radical (unpaired) electrons. The maximum absolute atomic E-state index is 13.5. The standard InChI is InChI=1S/C17H18FN/c1-11-3-5-13(6-4-11)17-16-10-15(18)8-7-14(16)9-12(2)19-17/h3-8,10,12,17,19H,9H2,1-2H3. The lowest BCUT2D eigenvalue weighted by molar-refractivity contribution is 0.461. The van der Waals surface area contributed by atoms with Crippen molar-refractivity contribution in [3.8, 4) is 0 Å². The molecule has 0 aromatic heterocycles. The number of hydrogen-bond acceptors (Lipinski definition) is 1. The molecule has 0 fully saturated rings. The van der Waals surface area contributed by atoms with Gasteiger partial charge in [-0.15, -0.1) is 0 Å². The average molecular weight is 255 g/mol. The topological polar surface area (TPSA) is 12.0 Å². The average Bonchev–Trinajstić information content (AvgIpc) is 2.39. The quantitative estimate of drug-likeness (QED) is 0.818. The van der Waals surface area contributed by atoms with Crippen LogP contribution in [-0.2, 0) is 6.42 Å². The Morgan fingerprint density at radius 1 is 1.11 bits per heavy atom. The minimum atomic E-state index is -0.160. The van der Waals surface area contributed by atoms with Gasteiger partial charge in [0.05, 0.1) is 6.04 Å². The Morgan fingerprint density at radius 2 is 1.84 bits per heavy atom. The highest BCUT2D eigenvalue weighted by atomic mass is 19.1. The fourth-order valence-electron chi connectivity index (χ4n) is 2.82. The molecular formula is C17H18FN. The van der Waals surface area contributed by atoms with Crippen molar-refractivity contribution in [1.29, 1.82) is 0 Å². The summed E-state index contributed by atoms with van der Waals surface area (Å²) in [4.78, 5) is 0. The van der Waals surface area contributed by atoms with E-state index in [0.717, 1.165) is 12.0 Å². The number of fused-ring (bicyclic) bond motifs is 1. The van der Waals surface area contributed by atoms with Crippen LogP contribution in [0.5, 0.6) is 0 Å². The van der Waals surface area contributed by atoms with Gasteiger partial charge in [-0.2, -0.15) is 0 Å². The number of rotatable bonds is 1. The molecule has 2 aromatic rings. The summed E-state index contributed by atoms with van der Waals surface area (Å²) in [6, 6.07) is 14.1. The van der Waals surface area contributed by atoms with Crippen LogP contribution in [0.1, 0.15) is 35.2 Å². The molecule has 2 heteroatoms. The molecule has 1 nitrogen and oxygen atoms in total. The molecule has 0 bridgehead atoms. The van der Waals surface area contributed by atoms with Crippen LogP contribution >= 0.6 is 0 Å². The van der Waals surface area contributed by atoms with Crippen LogP contribution in [0.25, 0.3) is 0 Å². The summed E-state index contributed by atoms with van der Waals surface area (Å²) < 4.78 is 13.5. The molecule has 0 amide bonds. The van der Waals surface area contributed by atoms with Gasteiger partial charge < -0.3 is 5.32 Å². The lowest BCUT2D eigenvalue weighted by Crippen LogP contribution is -2.37. The zero-order valence-corrected chi connectivity index (χ0v) is 11.3. The van der Waals surface area contributed by atoms with Gasteiger partial charge in [-0.25, -0.2) is 4.39 Å². The second-order valence-corrected chi connectivity index (χ2v) is 5.46. The van der Waals surface area contributed by atoms with Crippen LogP contribution in [-0.4, -0.2) is 6.04 Å². The summed E-state index contributed by atoms with van der Waals surface area (Å²) in [5.41, 5.74) is 4.76. The highest BCUT2D eigenvalue weighted by Gasteiger charge is 2.25. The van der Waals surface area contributed by atoms with Crippen molar-refractivity contribution in [1.82, 2.24) is 5.32 Å². The van der Waals surface area contributed by atoms with Gasteiger partial charge in [0.15, 0.2) is 0 Å². The minimum Gasteiger partial charge on any atom is -0.303 e. The number of aryl methyl sites for hydroxylation is 1. The van der Waals surface area contributed by atoms with Crippen LogP contribution in [0.2, 0.25) is 0 Å². The molecule has 19 heavy (non-hydrogen) atoms. The lowest BCUT2D eigenvalue weighted by atomic mass is 9.87. The Bertz CT molecular complexity index is 589. The molecular weight excluding hydrogens is 237 g/mol. The molecule has 3 rings (SSSR count). The van der Waals surface area contributed by atoms with Crippen molar-refractivity contribution in [3.63, 3.8) is 0 Å². The maximum Gasteiger partial charge on any atom is 0.123 e. The molecule has 1 heterocycles. The normalized spacial score (nSPS) is 22.1. The fourth-order valence-corrected chi connectivity index (χ4v) is 2.82. The first-order chi connectivity index (χ1) is 9.13. The van der Waals surface area contributed by atoms with Gasteiger partial charge in [-0.05, 0) is 49.1 Å². The monoisotopic (exact) mass is 255 g/mol. The number of hydrogen-bond donors (Lipinski definition) is 1. The van der Waals surface area contributed by atoms with E-state index in [2.05, 4.69) is 43.4 Å². The second-order valence-electron chi connectivity index (χ2n) is 5.46. The van der Waals surface area contributed by atoms with E-state index in [-0.39, 0.29) is 11.9 Å². The maximum atomic E-state index is 13.5. The van der Waals surface area contributed by atoms with Gasteiger partial charge in [-0.3, -0.25) is 0 Å². The zero-order chi connectivity index (χ0) is 13.4. The number of nitrogens with one attached hydrogen (secondary N) is 1. The predicted octanol–water partition coefficient (Wildman–Crippen LogP) is 3.76. The van der Waals surface area contributed by atoms with Gasteiger partial charge in [-0.1, -0.05) is 35.9 Å². The van der Waals surface area contributed by atoms with E-state index in [9.17, 15) is 4.39 Å². The summed E-state index contributed by atoms with van der Waals surface area (Å²) in [7, 11) is 0. The van der Waals surface area contributed by atoms with E-state index in [4.69, 9.17) is 0 Å². The fraction of sp³-hybridized carbons (Fsp3) is 0.294. The number of benzene rings is 2. The second kappa shape index (κ2) is 4.78. The van der Waals surface area contributed by atoms with E-state index in [1.165, 1.54) is 16.7 Å². The predicted molar refractivity (Wildman–Crippen MR) is 75.7 cm³/mol. The van der Waals surface area contributed by atoms with E-state index < -0.39 is 0 Å². The molecule has 1 aliphatic rings. The van der Waals surface area contributed by atoms with Crippen LogP contribution in [0, 0.1) is 12.7 Å². The van der Waals surface area contributed by atoms with E-state index in [1.54, 1.807) is 12.1 Å². The summed E-state index contributed by atoms with van der Waals surface area (Å²) in [5, 5.41) is 3.57. The summed E-state index contributed by atoms with van der Waals surface area (Å²) in [5.74, 6) is -0.160. The highest BCUT2D eigenvalue weighted by molar-refractivity contribution is 5.41. The molecule has 0 saturated carbocycles. The Labute approximate surface area is 113 Å². The third-order valence-electron chi connectivity index (χ3n) is 3.81. The van der Waals surface area contributed by atoms with Crippen LogP contribution in [0.4, 0.5) is 4.39 Å². The molecule has 0 saturated heterocycles. The first-order valence-electron chi connectivity index (χ1n) is 6.74. The molecule has 98 valence electrons. The Kier molecular flexibility index (Phi) is 3.11.